The van der Waals surface area contributed by atoms with Gasteiger partial charge in [0, 0.05) is 6.54 Å². The van der Waals surface area contributed by atoms with Crippen molar-refractivity contribution in [2.75, 3.05) is 0 Å². The molecule has 0 aliphatic heterocycles. The molecule has 2 rings (SSSR count). The molecule has 0 saturated heterocycles. The zero-order valence-corrected chi connectivity index (χ0v) is 9.51. The molecule has 78 valence electrons. The predicted molar refractivity (Wildman–Crippen MR) is 60.8 cm³/mol. The van der Waals surface area contributed by atoms with Gasteiger partial charge in [0.2, 0.25) is 0 Å². The number of imidazole rings is 1. The minimum absolute atomic E-state index is 0.394. The average Bonchev–Trinajstić information content (AvgIpc) is 2.56. The van der Waals surface area contributed by atoms with Gasteiger partial charge in [-0.2, -0.15) is 0 Å². The Hall–Kier alpha value is -1.06. The Balaban J connectivity index is 2.83. The molecule has 1 aromatic heterocycles. The van der Waals surface area contributed by atoms with E-state index in [4.69, 9.17) is 23.2 Å². The highest BCUT2D eigenvalue weighted by molar-refractivity contribution is 6.42. The molecular formula is C10H8Cl2N2O. The maximum absolute atomic E-state index is 10.8. The van der Waals surface area contributed by atoms with Crippen molar-refractivity contribution >= 4 is 40.5 Å². The fourth-order valence-electron chi connectivity index (χ4n) is 1.56. The van der Waals surface area contributed by atoms with Gasteiger partial charge in [-0.15, -0.1) is 0 Å². The SMILES string of the molecule is CCn1c(C=O)nc2cc(Cl)c(Cl)cc21. The van der Waals surface area contributed by atoms with Gasteiger partial charge >= 0.3 is 0 Å². The number of fused-ring (bicyclic) bond motifs is 1. The van der Waals surface area contributed by atoms with Crippen molar-refractivity contribution in [3.05, 3.63) is 28.0 Å². The van der Waals surface area contributed by atoms with Crippen molar-refractivity contribution in [1.29, 1.82) is 0 Å². The lowest BCUT2D eigenvalue weighted by molar-refractivity contribution is 0.111. The molecule has 0 amide bonds. The second-order valence-electron chi connectivity index (χ2n) is 3.09. The molecule has 0 saturated carbocycles. The van der Waals surface area contributed by atoms with Gasteiger partial charge in [-0.25, -0.2) is 4.98 Å². The molecule has 1 heterocycles. The number of carbonyl (C=O) groups excluding carboxylic acids is 1. The van der Waals surface area contributed by atoms with Crippen LogP contribution in [0.25, 0.3) is 11.0 Å². The summed E-state index contributed by atoms with van der Waals surface area (Å²) in [7, 11) is 0. The third kappa shape index (κ3) is 1.62. The Morgan fingerprint density at radius 2 is 2.07 bits per heavy atom. The molecule has 0 aliphatic carbocycles. The van der Waals surface area contributed by atoms with Crippen LogP contribution in [0, 0.1) is 0 Å². The first-order valence-electron chi connectivity index (χ1n) is 4.47. The minimum atomic E-state index is 0.394. The number of aldehydes is 1. The van der Waals surface area contributed by atoms with Gasteiger partial charge in [-0.05, 0) is 19.1 Å². The first-order valence-corrected chi connectivity index (χ1v) is 5.23. The topological polar surface area (TPSA) is 34.9 Å². The van der Waals surface area contributed by atoms with Gasteiger partial charge in [0.15, 0.2) is 12.1 Å². The summed E-state index contributed by atoms with van der Waals surface area (Å²) in [6.07, 6.45) is 0.727. The van der Waals surface area contributed by atoms with Gasteiger partial charge in [0.25, 0.3) is 0 Å². The lowest BCUT2D eigenvalue weighted by atomic mass is 10.3. The van der Waals surface area contributed by atoms with Crippen molar-refractivity contribution in [2.24, 2.45) is 0 Å². The lowest BCUT2D eigenvalue weighted by Crippen LogP contribution is -1.99. The molecule has 0 unspecified atom stereocenters. The highest BCUT2D eigenvalue weighted by Crippen LogP contribution is 2.27. The van der Waals surface area contributed by atoms with Crippen molar-refractivity contribution in [3.63, 3.8) is 0 Å². The summed E-state index contributed by atoms with van der Waals surface area (Å²) in [6.45, 7) is 2.61. The number of hydrogen-bond donors (Lipinski definition) is 0. The van der Waals surface area contributed by atoms with Crippen LogP contribution in [0.5, 0.6) is 0 Å². The van der Waals surface area contributed by atoms with E-state index in [1.54, 1.807) is 16.7 Å². The second kappa shape index (κ2) is 3.83. The zero-order valence-electron chi connectivity index (χ0n) is 8.00. The molecule has 0 fully saturated rings. The van der Waals surface area contributed by atoms with E-state index in [1.165, 1.54) is 0 Å². The molecule has 0 spiro atoms. The van der Waals surface area contributed by atoms with E-state index in [0.717, 1.165) is 11.8 Å². The van der Waals surface area contributed by atoms with Crippen molar-refractivity contribution in [1.82, 2.24) is 9.55 Å². The van der Waals surface area contributed by atoms with Gasteiger partial charge in [-0.3, -0.25) is 4.79 Å². The summed E-state index contributed by atoms with van der Waals surface area (Å²) in [6, 6.07) is 3.39. The van der Waals surface area contributed by atoms with Crippen LogP contribution in [0.1, 0.15) is 17.5 Å². The second-order valence-corrected chi connectivity index (χ2v) is 3.90. The smallest absolute Gasteiger partial charge is 0.185 e. The van der Waals surface area contributed by atoms with E-state index >= 15 is 0 Å². The Bertz CT molecular complexity index is 534. The van der Waals surface area contributed by atoms with Crippen LogP contribution in [0.3, 0.4) is 0 Å². The molecule has 0 N–H and O–H groups in total. The Morgan fingerprint density at radius 1 is 1.40 bits per heavy atom. The summed E-state index contributed by atoms with van der Waals surface area (Å²) < 4.78 is 1.80. The van der Waals surface area contributed by atoms with Crippen LogP contribution in [0.4, 0.5) is 0 Å². The largest absolute Gasteiger partial charge is 0.322 e. The average molecular weight is 243 g/mol. The Kier molecular flexibility index (Phi) is 2.67. The number of rotatable bonds is 2. The number of aryl methyl sites for hydroxylation is 1. The van der Waals surface area contributed by atoms with Crippen molar-refractivity contribution < 1.29 is 4.79 Å². The third-order valence-electron chi connectivity index (χ3n) is 2.24. The summed E-state index contributed by atoms with van der Waals surface area (Å²) in [5.41, 5.74) is 1.52. The number of hydrogen-bond acceptors (Lipinski definition) is 2. The van der Waals surface area contributed by atoms with Crippen LogP contribution in [-0.4, -0.2) is 15.8 Å². The normalized spacial score (nSPS) is 10.9. The summed E-state index contributed by atoms with van der Waals surface area (Å²) in [4.78, 5) is 14.9. The van der Waals surface area contributed by atoms with E-state index < -0.39 is 0 Å². The Labute approximate surface area is 96.6 Å². The van der Waals surface area contributed by atoms with Gasteiger partial charge in [0.05, 0.1) is 21.1 Å². The standard InChI is InChI=1S/C10H8Cl2N2O/c1-2-14-9-4-7(12)6(11)3-8(9)13-10(14)5-15/h3-5H,2H2,1H3. The third-order valence-corrected chi connectivity index (χ3v) is 2.96. The summed E-state index contributed by atoms with van der Waals surface area (Å²) in [5.74, 6) is 0.394. The molecule has 1 aromatic carbocycles. The number of benzene rings is 1. The maximum Gasteiger partial charge on any atom is 0.185 e. The van der Waals surface area contributed by atoms with Crippen LogP contribution in [0.15, 0.2) is 12.1 Å². The monoisotopic (exact) mass is 242 g/mol. The number of nitrogens with zero attached hydrogens (tertiary/aromatic N) is 2. The van der Waals surface area contributed by atoms with Crippen LogP contribution >= 0.6 is 23.2 Å². The molecule has 2 aromatic rings. The molecule has 0 aliphatic rings. The molecule has 0 atom stereocenters. The first kappa shape index (κ1) is 10.5. The molecule has 15 heavy (non-hydrogen) atoms. The first-order chi connectivity index (χ1) is 7.17. The van der Waals surface area contributed by atoms with Gasteiger partial charge in [-0.1, -0.05) is 23.2 Å². The highest BCUT2D eigenvalue weighted by Gasteiger charge is 2.10. The van der Waals surface area contributed by atoms with E-state index in [9.17, 15) is 4.79 Å². The Morgan fingerprint density at radius 3 is 2.67 bits per heavy atom. The van der Waals surface area contributed by atoms with E-state index in [-0.39, 0.29) is 0 Å². The summed E-state index contributed by atoms with van der Waals surface area (Å²) in [5, 5.41) is 0.915. The van der Waals surface area contributed by atoms with E-state index in [1.807, 2.05) is 6.92 Å². The highest BCUT2D eigenvalue weighted by atomic mass is 35.5. The molecular weight excluding hydrogens is 235 g/mol. The fourth-order valence-corrected chi connectivity index (χ4v) is 1.88. The number of halogens is 2. The zero-order chi connectivity index (χ0) is 11.0. The molecule has 0 bridgehead atoms. The molecule has 3 nitrogen and oxygen atoms in total. The quantitative estimate of drug-likeness (QED) is 0.759. The van der Waals surface area contributed by atoms with Crippen LogP contribution in [0.2, 0.25) is 10.0 Å². The minimum Gasteiger partial charge on any atom is -0.322 e. The van der Waals surface area contributed by atoms with E-state index in [2.05, 4.69) is 4.98 Å². The van der Waals surface area contributed by atoms with Crippen molar-refractivity contribution in [3.8, 4) is 0 Å². The number of aromatic nitrogens is 2. The van der Waals surface area contributed by atoms with Crippen LogP contribution in [-0.2, 0) is 6.54 Å². The van der Waals surface area contributed by atoms with Crippen LogP contribution < -0.4 is 0 Å². The maximum atomic E-state index is 10.8. The molecule has 5 heteroatoms. The fraction of sp³-hybridized carbons (Fsp3) is 0.200. The lowest BCUT2D eigenvalue weighted by Gasteiger charge is -2.01. The van der Waals surface area contributed by atoms with Gasteiger partial charge < -0.3 is 4.57 Å². The summed E-state index contributed by atoms with van der Waals surface area (Å²) >= 11 is 11.8. The van der Waals surface area contributed by atoms with E-state index in [0.29, 0.717) is 27.9 Å². The molecule has 0 radical (unpaired) electrons. The van der Waals surface area contributed by atoms with Gasteiger partial charge in [0.1, 0.15) is 0 Å². The van der Waals surface area contributed by atoms with Crippen molar-refractivity contribution in [2.45, 2.75) is 13.5 Å². The predicted octanol–water partition coefficient (Wildman–Crippen LogP) is 3.18. The number of carbonyl (C=O) groups is 1.